The maximum Gasteiger partial charge on any atom is 0.181 e. The van der Waals surface area contributed by atoms with Crippen LogP contribution in [0.1, 0.15) is 38.2 Å². The zero-order valence-electron chi connectivity index (χ0n) is 17.1. The third-order valence-electron chi connectivity index (χ3n) is 5.65. The second-order valence-corrected chi connectivity index (χ2v) is 8.00. The van der Waals surface area contributed by atoms with Crippen molar-refractivity contribution in [3.63, 3.8) is 0 Å². The summed E-state index contributed by atoms with van der Waals surface area (Å²) < 4.78 is 15.0. The van der Waals surface area contributed by atoms with Gasteiger partial charge in [0.1, 0.15) is 6.33 Å². The van der Waals surface area contributed by atoms with Gasteiger partial charge in [-0.05, 0) is 48.4 Å². The molecule has 0 aliphatic carbocycles. The lowest BCUT2D eigenvalue weighted by atomic mass is 10.0. The number of nitrogens with zero attached hydrogens (tertiary/aromatic N) is 4. The van der Waals surface area contributed by atoms with E-state index in [9.17, 15) is 0 Å². The minimum Gasteiger partial charge on any atom is -0.383 e. The van der Waals surface area contributed by atoms with E-state index in [1.807, 2.05) is 11.0 Å². The van der Waals surface area contributed by atoms with E-state index in [0.717, 1.165) is 50.5 Å². The van der Waals surface area contributed by atoms with Gasteiger partial charge in [-0.25, -0.2) is 4.98 Å². The van der Waals surface area contributed by atoms with E-state index in [0.29, 0.717) is 18.4 Å². The zero-order chi connectivity index (χ0) is 19.5. The zero-order valence-corrected chi connectivity index (χ0v) is 17.1. The van der Waals surface area contributed by atoms with Crippen molar-refractivity contribution >= 4 is 10.9 Å². The molecule has 1 aliphatic rings. The topological polar surface area (TPSA) is 54.1 Å². The highest BCUT2D eigenvalue weighted by atomic mass is 16.5. The van der Waals surface area contributed by atoms with Gasteiger partial charge < -0.3 is 14.0 Å². The van der Waals surface area contributed by atoms with Crippen molar-refractivity contribution in [3.05, 3.63) is 36.3 Å². The van der Waals surface area contributed by atoms with Crippen LogP contribution in [0.4, 0.5) is 0 Å². The molecule has 0 bridgehead atoms. The fraction of sp³-hybridized carbons (Fsp3) is 0.545. The lowest BCUT2D eigenvalue weighted by Crippen LogP contribution is -2.20. The standard InChI is InChI=1S/C22H30N4O2/c1-16(2)20-14-25(8-11-27-3)21-5-4-18(12-19(20)21)22-23-15-26(24-22)13-17-6-9-28-10-7-17/h4-5,12,14-17H,6-11,13H2,1-3H3. The molecule has 0 N–H and O–H groups in total. The van der Waals surface area contributed by atoms with Crippen LogP contribution in [0, 0.1) is 5.92 Å². The Morgan fingerprint density at radius 2 is 2.07 bits per heavy atom. The summed E-state index contributed by atoms with van der Waals surface area (Å²) in [7, 11) is 1.75. The first-order chi connectivity index (χ1) is 13.7. The molecular formula is C22H30N4O2. The molecule has 28 heavy (non-hydrogen) atoms. The van der Waals surface area contributed by atoms with Crippen LogP contribution in [0.2, 0.25) is 0 Å². The van der Waals surface area contributed by atoms with Gasteiger partial charge in [0.2, 0.25) is 0 Å². The average Bonchev–Trinajstić information content (AvgIpc) is 3.31. The molecular weight excluding hydrogens is 352 g/mol. The van der Waals surface area contributed by atoms with Gasteiger partial charge in [-0.2, -0.15) is 5.10 Å². The molecule has 6 heteroatoms. The van der Waals surface area contributed by atoms with Crippen LogP contribution in [0.15, 0.2) is 30.7 Å². The number of methoxy groups -OCH3 is 1. The Morgan fingerprint density at radius 3 is 2.82 bits per heavy atom. The third-order valence-corrected chi connectivity index (χ3v) is 5.65. The summed E-state index contributed by atoms with van der Waals surface area (Å²) in [5, 5.41) is 6.03. The van der Waals surface area contributed by atoms with Crippen molar-refractivity contribution < 1.29 is 9.47 Å². The molecule has 4 rings (SSSR count). The summed E-state index contributed by atoms with van der Waals surface area (Å²) in [5.74, 6) is 1.89. The Balaban J connectivity index is 1.61. The van der Waals surface area contributed by atoms with E-state index in [-0.39, 0.29) is 0 Å². The Morgan fingerprint density at radius 1 is 1.25 bits per heavy atom. The summed E-state index contributed by atoms with van der Waals surface area (Å²) >= 11 is 0. The van der Waals surface area contributed by atoms with E-state index >= 15 is 0 Å². The molecule has 0 unspecified atom stereocenters. The fourth-order valence-corrected chi connectivity index (χ4v) is 4.01. The molecule has 0 amide bonds. The minimum absolute atomic E-state index is 0.459. The molecule has 1 fully saturated rings. The second kappa shape index (κ2) is 8.45. The molecule has 2 aromatic heterocycles. The number of hydrogen-bond donors (Lipinski definition) is 0. The van der Waals surface area contributed by atoms with E-state index in [2.05, 4.69) is 47.8 Å². The van der Waals surface area contributed by atoms with Gasteiger partial charge in [0.15, 0.2) is 5.82 Å². The Hall–Kier alpha value is -2.18. The van der Waals surface area contributed by atoms with E-state index in [1.54, 1.807) is 7.11 Å². The van der Waals surface area contributed by atoms with Crippen LogP contribution in [0.25, 0.3) is 22.3 Å². The number of ether oxygens (including phenoxy) is 2. The van der Waals surface area contributed by atoms with Crippen LogP contribution >= 0.6 is 0 Å². The lowest BCUT2D eigenvalue weighted by molar-refractivity contribution is 0.0601. The molecule has 0 radical (unpaired) electrons. The molecule has 150 valence electrons. The molecule has 1 saturated heterocycles. The van der Waals surface area contributed by atoms with Crippen molar-refractivity contribution in [1.82, 2.24) is 19.3 Å². The molecule has 3 heterocycles. The second-order valence-electron chi connectivity index (χ2n) is 8.00. The Bertz CT molecular complexity index is 922. The van der Waals surface area contributed by atoms with Crippen molar-refractivity contribution in [2.75, 3.05) is 26.9 Å². The van der Waals surface area contributed by atoms with Crippen LogP contribution in [-0.2, 0) is 22.6 Å². The van der Waals surface area contributed by atoms with Crippen LogP contribution in [0.5, 0.6) is 0 Å². The van der Waals surface area contributed by atoms with Gasteiger partial charge in [-0.15, -0.1) is 0 Å². The molecule has 0 spiro atoms. The number of hydrogen-bond acceptors (Lipinski definition) is 4. The van der Waals surface area contributed by atoms with Crippen LogP contribution < -0.4 is 0 Å². The van der Waals surface area contributed by atoms with E-state index < -0.39 is 0 Å². The predicted octanol–water partition coefficient (Wildman–Crippen LogP) is 4.10. The summed E-state index contributed by atoms with van der Waals surface area (Å²) in [6.45, 7) is 8.69. The molecule has 3 aromatic rings. The molecule has 1 aromatic carbocycles. The highest BCUT2D eigenvalue weighted by molar-refractivity contribution is 5.88. The normalized spacial score (nSPS) is 15.7. The van der Waals surface area contributed by atoms with Gasteiger partial charge >= 0.3 is 0 Å². The smallest absolute Gasteiger partial charge is 0.181 e. The summed E-state index contributed by atoms with van der Waals surface area (Å²) in [6.07, 6.45) is 6.33. The largest absolute Gasteiger partial charge is 0.383 e. The number of benzene rings is 1. The number of fused-ring (bicyclic) bond motifs is 1. The van der Waals surface area contributed by atoms with Crippen molar-refractivity contribution in [1.29, 1.82) is 0 Å². The van der Waals surface area contributed by atoms with Crippen molar-refractivity contribution in [2.24, 2.45) is 5.92 Å². The van der Waals surface area contributed by atoms with Crippen LogP contribution in [-0.4, -0.2) is 46.3 Å². The Kier molecular flexibility index (Phi) is 5.78. The first kappa shape index (κ1) is 19.2. The molecule has 0 atom stereocenters. The van der Waals surface area contributed by atoms with Gasteiger partial charge in [0, 0.05) is 56.1 Å². The number of aromatic nitrogens is 4. The number of rotatable bonds is 7. The van der Waals surface area contributed by atoms with Crippen LogP contribution in [0.3, 0.4) is 0 Å². The van der Waals surface area contributed by atoms with E-state index in [4.69, 9.17) is 14.6 Å². The molecule has 1 aliphatic heterocycles. The van der Waals surface area contributed by atoms with Gasteiger partial charge in [-0.1, -0.05) is 13.8 Å². The summed E-state index contributed by atoms with van der Waals surface area (Å²) in [6, 6.07) is 6.55. The van der Waals surface area contributed by atoms with E-state index in [1.165, 1.54) is 16.5 Å². The highest BCUT2D eigenvalue weighted by Crippen LogP contribution is 2.31. The average molecular weight is 383 g/mol. The summed E-state index contributed by atoms with van der Waals surface area (Å²) in [5.41, 5.74) is 3.67. The van der Waals surface area contributed by atoms with Crippen molar-refractivity contribution in [3.8, 4) is 11.4 Å². The summed E-state index contributed by atoms with van der Waals surface area (Å²) in [4.78, 5) is 4.58. The SMILES string of the molecule is COCCn1cc(C(C)C)c2cc(-c3ncn(CC4CCOCC4)n3)ccc21. The maximum absolute atomic E-state index is 5.45. The monoisotopic (exact) mass is 382 g/mol. The highest BCUT2D eigenvalue weighted by Gasteiger charge is 2.17. The minimum atomic E-state index is 0.459. The molecule has 6 nitrogen and oxygen atoms in total. The first-order valence-corrected chi connectivity index (χ1v) is 10.2. The van der Waals surface area contributed by atoms with Gasteiger partial charge in [0.05, 0.1) is 6.61 Å². The predicted molar refractivity (Wildman–Crippen MR) is 110 cm³/mol. The van der Waals surface area contributed by atoms with Crippen molar-refractivity contribution in [2.45, 2.75) is 45.7 Å². The maximum atomic E-state index is 5.45. The quantitative estimate of drug-likeness (QED) is 0.617. The third kappa shape index (κ3) is 3.98. The van der Waals surface area contributed by atoms with Gasteiger partial charge in [0.25, 0.3) is 0 Å². The fourth-order valence-electron chi connectivity index (χ4n) is 4.01. The first-order valence-electron chi connectivity index (χ1n) is 10.2. The Labute approximate surface area is 166 Å². The van der Waals surface area contributed by atoms with Gasteiger partial charge in [-0.3, -0.25) is 4.68 Å². The lowest BCUT2D eigenvalue weighted by Gasteiger charge is -2.21. The molecule has 0 saturated carbocycles.